The number of ether oxygens (including phenoxy) is 1. The molecule has 1 amide bonds. The summed E-state index contributed by atoms with van der Waals surface area (Å²) < 4.78 is 8.18. The van der Waals surface area contributed by atoms with Crippen molar-refractivity contribution in [1.29, 1.82) is 0 Å². The van der Waals surface area contributed by atoms with Gasteiger partial charge in [0.15, 0.2) is 33.6 Å². The van der Waals surface area contributed by atoms with E-state index in [4.69, 9.17) is 15.7 Å². The number of nitrogens with zero attached hydrogens (tertiary/aromatic N) is 4. The number of nitrogens with two attached hydrogens (primary N) is 1. The van der Waals surface area contributed by atoms with Gasteiger partial charge in [-0.25, -0.2) is 20.4 Å². The van der Waals surface area contributed by atoms with E-state index in [0.29, 0.717) is 51.9 Å². The van der Waals surface area contributed by atoms with E-state index >= 15 is 0 Å². The molecular weight excluding hydrogens is 504 g/mol. The van der Waals surface area contributed by atoms with Gasteiger partial charge in [-0.3, -0.25) is 10.0 Å². The normalized spacial score (nSPS) is 11.2. The van der Waals surface area contributed by atoms with Crippen LogP contribution in [0.4, 0.5) is 5.82 Å². The van der Waals surface area contributed by atoms with Crippen LogP contribution in [0.15, 0.2) is 33.0 Å². The predicted molar refractivity (Wildman–Crippen MR) is 121 cm³/mol. The second-order valence-corrected chi connectivity index (χ2v) is 8.67. The van der Waals surface area contributed by atoms with Crippen LogP contribution in [-0.4, -0.2) is 54.1 Å². The zero-order chi connectivity index (χ0) is 23.1. The first kappa shape index (κ1) is 24.0. The van der Waals surface area contributed by atoms with Crippen molar-refractivity contribution in [3.8, 4) is 11.5 Å². The number of unbranched alkanes of at least 4 members (excludes halogenated alkanes) is 2. The van der Waals surface area contributed by atoms with Crippen molar-refractivity contribution in [2.75, 3.05) is 18.9 Å². The van der Waals surface area contributed by atoms with Crippen molar-refractivity contribution in [2.24, 2.45) is 0 Å². The van der Waals surface area contributed by atoms with Gasteiger partial charge in [-0.1, -0.05) is 18.2 Å². The van der Waals surface area contributed by atoms with Gasteiger partial charge in [0.25, 0.3) is 0 Å². The molecule has 13 heteroatoms. The Hall–Kier alpha value is -2.61. The predicted octanol–water partition coefficient (Wildman–Crippen LogP) is 2.82. The van der Waals surface area contributed by atoms with Crippen molar-refractivity contribution >= 4 is 50.6 Å². The first-order chi connectivity index (χ1) is 15.4. The molecule has 0 aliphatic carbocycles. The number of amides is 1. The zero-order valence-corrected chi connectivity index (χ0v) is 19.4. The second kappa shape index (κ2) is 11.3. The Kier molecular flexibility index (Phi) is 8.50. The van der Waals surface area contributed by atoms with Crippen molar-refractivity contribution in [3.05, 3.63) is 22.9 Å². The number of halogens is 1. The van der Waals surface area contributed by atoms with Crippen molar-refractivity contribution in [1.82, 2.24) is 25.0 Å². The average Bonchev–Trinajstić information content (AvgIpc) is 3.12. The molecule has 3 aromatic rings. The third-order valence-electron chi connectivity index (χ3n) is 4.53. The molecule has 0 fully saturated rings. The minimum Gasteiger partial charge on any atom is -0.504 e. The number of imidazole rings is 1. The molecule has 172 valence electrons. The highest BCUT2D eigenvalue weighted by Gasteiger charge is 2.18. The van der Waals surface area contributed by atoms with E-state index in [0.717, 1.165) is 12.8 Å². The van der Waals surface area contributed by atoms with Crippen LogP contribution in [0.2, 0.25) is 0 Å². The number of aromatic nitrogens is 4. The van der Waals surface area contributed by atoms with Crippen LogP contribution in [0.25, 0.3) is 11.2 Å². The van der Waals surface area contributed by atoms with Gasteiger partial charge in [0, 0.05) is 22.4 Å². The van der Waals surface area contributed by atoms with Crippen LogP contribution in [-0.2, 0) is 16.1 Å². The van der Waals surface area contributed by atoms with Gasteiger partial charge in [0.1, 0.15) is 6.33 Å². The number of aromatic hydroxyl groups is 2. The monoisotopic (exact) mass is 526 g/mol. The number of nitrogen functional groups attached to an aromatic ring is 1. The van der Waals surface area contributed by atoms with E-state index in [1.807, 2.05) is 4.57 Å². The molecule has 3 rings (SSSR count). The molecule has 2 aromatic heterocycles. The molecule has 6 N–H and O–H groups in total. The van der Waals surface area contributed by atoms with E-state index < -0.39 is 5.91 Å². The lowest BCUT2D eigenvalue weighted by atomic mass is 10.2. The lowest BCUT2D eigenvalue weighted by Crippen LogP contribution is -2.17. The maximum atomic E-state index is 11.0. The number of anilines is 1. The number of rotatable bonds is 11. The fourth-order valence-corrected chi connectivity index (χ4v) is 4.43. The second-order valence-electron chi connectivity index (χ2n) is 6.81. The Balaban J connectivity index is 1.66. The minimum absolute atomic E-state index is 0.227. The number of hydroxylamine groups is 1. The summed E-state index contributed by atoms with van der Waals surface area (Å²) in [6, 6.07) is 2.85. The molecule has 0 saturated carbocycles. The fourth-order valence-electron chi connectivity index (χ4n) is 2.90. The van der Waals surface area contributed by atoms with Gasteiger partial charge in [-0.05, 0) is 40.9 Å². The number of nitrogens with one attached hydrogen (secondary N) is 1. The van der Waals surface area contributed by atoms with Gasteiger partial charge in [-0.2, -0.15) is 0 Å². The number of carbonyl (C=O) groups excluding carboxylic acids is 1. The molecular formula is C19H23BrN6O5S. The van der Waals surface area contributed by atoms with Crippen LogP contribution < -0.4 is 11.2 Å². The molecule has 0 aliphatic heterocycles. The van der Waals surface area contributed by atoms with Crippen LogP contribution in [0, 0.1) is 0 Å². The van der Waals surface area contributed by atoms with Gasteiger partial charge in [-0.15, -0.1) is 0 Å². The number of benzene rings is 1. The van der Waals surface area contributed by atoms with E-state index in [1.165, 1.54) is 30.2 Å². The smallest absolute Gasteiger partial charge is 0.243 e. The first-order valence-corrected chi connectivity index (χ1v) is 11.4. The largest absolute Gasteiger partial charge is 0.504 e. The lowest BCUT2D eigenvalue weighted by molar-refractivity contribution is -0.129. The molecule has 0 saturated heterocycles. The summed E-state index contributed by atoms with van der Waals surface area (Å²) in [4.78, 5) is 24.5. The lowest BCUT2D eigenvalue weighted by Gasteiger charge is -2.10. The SMILES string of the molecule is Nc1ncnc2c1nc(Sc1cc(O)c(O)cc1Br)n2CCOCCCCCC(=O)NO. The number of carbonyl (C=O) groups is 1. The third kappa shape index (κ3) is 6.00. The maximum Gasteiger partial charge on any atom is 0.243 e. The molecule has 0 bridgehead atoms. The molecule has 11 nitrogen and oxygen atoms in total. The molecule has 0 unspecified atom stereocenters. The van der Waals surface area contributed by atoms with Gasteiger partial charge < -0.3 is 25.3 Å². The van der Waals surface area contributed by atoms with Crippen molar-refractivity contribution in [3.63, 3.8) is 0 Å². The topological polar surface area (TPSA) is 169 Å². The fraction of sp³-hybridized carbons (Fsp3) is 0.368. The van der Waals surface area contributed by atoms with Crippen molar-refractivity contribution in [2.45, 2.75) is 42.3 Å². The van der Waals surface area contributed by atoms with Crippen LogP contribution >= 0.6 is 27.7 Å². The summed E-state index contributed by atoms with van der Waals surface area (Å²) in [7, 11) is 0. The Morgan fingerprint density at radius 3 is 2.75 bits per heavy atom. The number of hydrogen-bond donors (Lipinski definition) is 5. The zero-order valence-electron chi connectivity index (χ0n) is 17.0. The minimum atomic E-state index is -0.391. The third-order valence-corrected chi connectivity index (χ3v) is 6.50. The van der Waals surface area contributed by atoms with Crippen molar-refractivity contribution < 1.29 is 25.0 Å². The van der Waals surface area contributed by atoms with E-state index in [-0.39, 0.29) is 23.7 Å². The molecule has 0 spiro atoms. The highest BCUT2D eigenvalue weighted by Crippen LogP contribution is 2.40. The average molecular weight is 527 g/mol. The summed E-state index contributed by atoms with van der Waals surface area (Å²) in [5, 5.41) is 28.6. The summed E-state index contributed by atoms with van der Waals surface area (Å²) in [5.74, 6) is -0.596. The first-order valence-electron chi connectivity index (χ1n) is 9.77. The van der Waals surface area contributed by atoms with E-state index in [1.54, 1.807) is 5.48 Å². The summed E-state index contributed by atoms with van der Waals surface area (Å²) in [5.41, 5.74) is 8.61. The Morgan fingerprint density at radius 2 is 1.97 bits per heavy atom. The summed E-state index contributed by atoms with van der Waals surface area (Å²) >= 11 is 4.66. The summed E-state index contributed by atoms with van der Waals surface area (Å²) in [6.07, 6.45) is 3.93. The van der Waals surface area contributed by atoms with E-state index in [9.17, 15) is 15.0 Å². The Bertz CT molecular complexity index is 1100. The van der Waals surface area contributed by atoms with Crippen LogP contribution in [0.3, 0.4) is 0 Å². The number of phenolic OH excluding ortho intramolecular Hbond substituents is 2. The molecule has 0 radical (unpaired) electrons. The standard InChI is InChI=1S/C19H23BrN6O5S/c20-11-8-12(27)13(28)9-14(11)32-19-24-16-17(21)22-10-23-18(16)26(19)5-7-31-6-3-1-2-4-15(29)25-30/h8-10,27-28,30H,1-7H2,(H,25,29)(H2,21,22,23). The molecule has 2 heterocycles. The van der Waals surface area contributed by atoms with Gasteiger partial charge >= 0.3 is 0 Å². The van der Waals surface area contributed by atoms with Gasteiger partial charge in [0.2, 0.25) is 5.91 Å². The Morgan fingerprint density at radius 1 is 1.19 bits per heavy atom. The number of phenols is 2. The quantitative estimate of drug-likeness (QED) is 0.108. The molecule has 0 atom stereocenters. The molecule has 1 aromatic carbocycles. The maximum absolute atomic E-state index is 11.0. The van der Waals surface area contributed by atoms with E-state index in [2.05, 4.69) is 30.9 Å². The molecule has 0 aliphatic rings. The molecule has 32 heavy (non-hydrogen) atoms. The van der Waals surface area contributed by atoms with Crippen LogP contribution in [0.5, 0.6) is 11.5 Å². The summed E-state index contributed by atoms with van der Waals surface area (Å²) in [6.45, 7) is 1.40. The van der Waals surface area contributed by atoms with Crippen LogP contribution in [0.1, 0.15) is 25.7 Å². The van der Waals surface area contributed by atoms with Gasteiger partial charge in [0.05, 0.1) is 13.2 Å². The number of fused-ring (bicyclic) bond motifs is 1. The highest BCUT2D eigenvalue weighted by atomic mass is 79.9. The highest BCUT2D eigenvalue weighted by molar-refractivity contribution is 9.10. The Labute approximate surface area is 196 Å². The number of hydrogen-bond acceptors (Lipinski definition) is 10.